The summed E-state index contributed by atoms with van der Waals surface area (Å²) in [7, 11) is 0. The lowest BCUT2D eigenvalue weighted by Gasteiger charge is -2.18. The number of nitrogens with two attached hydrogens (primary N) is 1. The van der Waals surface area contributed by atoms with Crippen LogP contribution >= 0.6 is 0 Å². The Bertz CT molecular complexity index is 710. The zero-order valence-electron chi connectivity index (χ0n) is 12.6. The number of nitrogens with one attached hydrogen (secondary N) is 1. The number of aromatic nitrogens is 3. The summed E-state index contributed by atoms with van der Waals surface area (Å²) in [6, 6.07) is 2.66. The summed E-state index contributed by atoms with van der Waals surface area (Å²) in [5.74, 6) is 0.522. The lowest BCUT2D eigenvalue weighted by Crippen LogP contribution is -2.25. The highest BCUT2D eigenvalue weighted by atomic mass is 16.6. The van der Waals surface area contributed by atoms with E-state index in [0.717, 1.165) is 13.1 Å². The van der Waals surface area contributed by atoms with Crippen molar-refractivity contribution >= 4 is 29.9 Å². The van der Waals surface area contributed by atoms with Crippen molar-refractivity contribution in [3.05, 3.63) is 28.0 Å². The molecule has 0 saturated heterocycles. The van der Waals surface area contributed by atoms with E-state index < -0.39 is 4.92 Å². The molecule has 2 aromatic rings. The van der Waals surface area contributed by atoms with E-state index in [1.165, 1.54) is 18.3 Å². The molecule has 0 aliphatic rings. The Balaban J connectivity index is 2.10. The number of hydrazone groups is 1. The Kier molecular flexibility index (Phi) is 5.02. The molecular weight excluding hydrogens is 304 g/mol. The Morgan fingerprint density at radius 2 is 2.13 bits per heavy atom. The van der Waals surface area contributed by atoms with Crippen LogP contribution in [-0.2, 0) is 0 Å². The van der Waals surface area contributed by atoms with E-state index in [9.17, 15) is 10.1 Å². The van der Waals surface area contributed by atoms with Crippen LogP contribution in [0, 0.1) is 10.1 Å². The van der Waals surface area contributed by atoms with Crippen LogP contribution in [0.25, 0.3) is 0 Å². The van der Waals surface area contributed by atoms with Crippen LogP contribution in [0.4, 0.5) is 23.7 Å². The summed E-state index contributed by atoms with van der Waals surface area (Å²) >= 11 is 0. The lowest BCUT2D eigenvalue weighted by molar-refractivity contribution is -0.402. The molecular formula is C12H16N8O3. The van der Waals surface area contributed by atoms with Gasteiger partial charge in [-0.15, -0.1) is 0 Å². The van der Waals surface area contributed by atoms with Crippen molar-refractivity contribution in [2.75, 3.05) is 29.1 Å². The predicted molar refractivity (Wildman–Crippen MR) is 84.4 cm³/mol. The number of rotatable bonds is 7. The van der Waals surface area contributed by atoms with Gasteiger partial charge in [-0.1, -0.05) is 0 Å². The van der Waals surface area contributed by atoms with E-state index in [4.69, 9.17) is 10.2 Å². The molecule has 0 aliphatic heterocycles. The third-order valence-electron chi connectivity index (χ3n) is 2.84. The largest absolute Gasteiger partial charge is 0.433 e. The molecule has 2 rings (SSSR count). The zero-order chi connectivity index (χ0) is 16.8. The highest BCUT2D eigenvalue weighted by Crippen LogP contribution is 2.14. The van der Waals surface area contributed by atoms with Crippen molar-refractivity contribution < 1.29 is 9.34 Å². The van der Waals surface area contributed by atoms with Crippen molar-refractivity contribution in [3.8, 4) is 0 Å². The minimum Gasteiger partial charge on any atom is -0.400 e. The number of hydrogen-bond acceptors (Lipinski definition) is 10. The quantitative estimate of drug-likeness (QED) is 0.436. The van der Waals surface area contributed by atoms with Crippen LogP contribution in [0.5, 0.6) is 0 Å². The summed E-state index contributed by atoms with van der Waals surface area (Å²) in [4.78, 5) is 24.0. The summed E-state index contributed by atoms with van der Waals surface area (Å²) < 4.78 is 4.93. The van der Waals surface area contributed by atoms with Crippen LogP contribution in [0.2, 0.25) is 0 Å². The second kappa shape index (κ2) is 7.15. The van der Waals surface area contributed by atoms with E-state index in [2.05, 4.69) is 25.5 Å². The molecule has 0 atom stereocenters. The average molecular weight is 320 g/mol. The smallest absolute Gasteiger partial charge is 0.400 e. The SMILES string of the molecule is CCN(CC)c1nc(N)nc(N/N=C/c2ccc([N+](=O)[O-])o2)n1. The first-order chi connectivity index (χ1) is 11.0. The van der Waals surface area contributed by atoms with Gasteiger partial charge in [0.15, 0.2) is 5.76 Å². The maximum absolute atomic E-state index is 10.5. The van der Waals surface area contributed by atoms with Gasteiger partial charge in [0, 0.05) is 13.1 Å². The first kappa shape index (κ1) is 16.1. The molecule has 2 heterocycles. The number of furan rings is 1. The minimum atomic E-state index is -0.631. The number of hydrogen-bond donors (Lipinski definition) is 2. The number of nitrogen functional groups attached to an aromatic ring is 1. The molecule has 0 bridgehead atoms. The van der Waals surface area contributed by atoms with E-state index in [1.807, 2.05) is 18.7 Å². The zero-order valence-corrected chi connectivity index (χ0v) is 12.6. The van der Waals surface area contributed by atoms with E-state index in [-0.39, 0.29) is 23.5 Å². The topological polar surface area (TPSA) is 149 Å². The fourth-order valence-corrected chi connectivity index (χ4v) is 1.74. The molecule has 11 nitrogen and oxygen atoms in total. The van der Waals surface area contributed by atoms with Crippen molar-refractivity contribution in [2.45, 2.75) is 13.8 Å². The third kappa shape index (κ3) is 4.12. The van der Waals surface area contributed by atoms with Crippen LogP contribution < -0.4 is 16.1 Å². The summed E-state index contributed by atoms with van der Waals surface area (Å²) in [5, 5.41) is 14.4. The summed E-state index contributed by atoms with van der Waals surface area (Å²) in [6.45, 7) is 5.38. The predicted octanol–water partition coefficient (Wildman–Crippen LogP) is 1.25. The summed E-state index contributed by atoms with van der Waals surface area (Å²) in [6.07, 6.45) is 1.27. The molecule has 0 fully saturated rings. The molecule has 0 radical (unpaired) electrons. The molecule has 2 aromatic heterocycles. The Hall–Kier alpha value is -3.24. The van der Waals surface area contributed by atoms with Crippen molar-refractivity contribution in [2.24, 2.45) is 5.10 Å². The lowest BCUT2D eigenvalue weighted by atomic mass is 10.5. The fourth-order valence-electron chi connectivity index (χ4n) is 1.74. The monoisotopic (exact) mass is 320 g/mol. The standard InChI is InChI=1S/C12H16N8O3/c1-3-19(4-2)12-16-10(13)15-11(17-12)18-14-7-8-5-6-9(23-8)20(21)22/h5-7H,3-4H2,1-2H3,(H3,13,15,16,17,18)/b14-7+. The molecule has 23 heavy (non-hydrogen) atoms. The average Bonchev–Trinajstić information content (AvgIpc) is 2.97. The first-order valence-electron chi connectivity index (χ1n) is 6.83. The fraction of sp³-hybridized carbons (Fsp3) is 0.333. The Morgan fingerprint density at radius 1 is 1.39 bits per heavy atom. The van der Waals surface area contributed by atoms with Crippen LogP contribution in [-0.4, -0.2) is 39.2 Å². The van der Waals surface area contributed by atoms with Crippen molar-refractivity contribution in [1.82, 2.24) is 15.0 Å². The molecule has 0 spiro atoms. The van der Waals surface area contributed by atoms with Gasteiger partial charge in [0.25, 0.3) is 0 Å². The van der Waals surface area contributed by atoms with Gasteiger partial charge in [0.2, 0.25) is 17.8 Å². The maximum Gasteiger partial charge on any atom is 0.433 e. The second-order valence-electron chi connectivity index (χ2n) is 4.29. The molecule has 0 saturated carbocycles. The van der Waals surface area contributed by atoms with Gasteiger partial charge in [0.1, 0.15) is 4.92 Å². The van der Waals surface area contributed by atoms with Gasteiger partial charge in [-0.2, -0.15) is 20.1 Å². The van der Waals surface area contributed by atoms with Crippen LogP contribution in [0.1, 0.15) is 19.6 Å². The van der Waals surface area contributed by atoms with Crippen LogP contribution in [0.15, 0.2) is 21.7 Å². The molecule has 0 aliphatic carbocycles. The van der Waals surface area contributed by atoms with Crippen molar-refractivity contribution in [1.29, 1.82) is 0 Å². The van der Waals surface area contributed by atoms with Gasteiger partial charge in [-0.25, -0.2) is 5.43 Å². The molecule has 0 amide bonds. The number of nitro groups is 1. The van der Waals surface area contributed by atoms with E-state index in [1.54, 1.807) is 0 Å². The second-order valence-corrected chi connectivity index (χ2v) is 4.29. The Labute approximate surface area is 131 Å². The third-order valence-corrected chi connectivity index (χ3v) is 2.84. The minimum absolute atomic E-state index is 0.0632. The Morgan fingerprint density at radius 3 is 2.74 bits per heavy atom. The van der Waals surface area contributed by atoms with Crippen LogP contribution in [0.3, 0.4) is 0 Å². The normalized spacial score (nSPS) is 10.9. The molecule has 122 valence electrons. The molecule has 0 unspecified atom stereocenters. The molecule has 3 N–H and O–H groups in total. The number of anilines is 3. The maximum atomic E-state index is 10.5. The van der Waals surface area contributed by atoms with E-state index in [0.29, 0.717) is 5.95 Å². The molecule has 0 aromatic carbocycles. The highest BCUT2D eigenvalue weighted by molar-refractivity contribution is 5.76. The van der Waals surface area contributed by atoms with Crippen molar-refractivity contribution in [3.63, 3.8) is 0 Å². The number of nitrogens with zero attached hydrogens (tertiary/aromatic N) is 6. The van der Waals surface area contributed by atoms with E-state index >= 15 is 0 Å². The first-order valence-corrected chi connectivity index (χ1v) is 6.83. The van der Waals surface area contributed by atoms with Gasteiger partial charge in [-0.3, -0.25) is 10.1 Å². The van der Waals surface area contributed by atoms with Gasteiger partial charge < -0.3 is 15.1 Å². The van der Waals surface area contributed by atoms with Gasteiger partial charge in [-0.05, 0) is 19.9 Å². The molecule has 11 heteroatoms. The highest BCUT2D eigenvalue weighted by Gasteiger charge is 2.11. The van der Waals surface area contributed by atoms with Gasteiger partial charge >= 0.3 is 5.88 Å². The summed E-state index contributed by atoms with van der Waals surface area (Å²) in [5.41, 5.74) is 8.24. The van der Waals surface area contributed by atoms with Gasteiger partial charge in [0.05, 0.1) is 12.3 Å².